The van der Waals surface area contributed by atoms with E-state index in [1.807, 2.05) is 6.07 Å². The molecule has 0 aromatic heterocycles. The molecular formula is C15H13N3O2. The van der Waals surface area contributed by atoms with Crippen molar-refractivity contribution in [1.29, 1.82) is 10.5 Å². The molecule has 5 heteroatoms. The number of Topliss-reactive ketones (excluding diaryl/α,β-unsaturated/α-hetero) is 1. The van der Waals surface area contributed by atoms with E-state index in [1.54, 1.807) is 11.0 Å². The molecule has 2 rings (SSSR count). The Labute approximate surface area is 117 Å². The molecule has 1 heterocycles. The number of likely N-dealkylation sites (tertiary alicyclic amines) is 1. The van der Waals surface area contributed by atoms with Gasteiger partial charge in [-0.2, -0.15) is 10.5 Å². The van der Waals surface area contributed by atoms with E-state index in [4.69, 9.17) is 10.5 Å². The molecule has 1 aromatic rings. The normalized spacial score (nSPS) is 15.2. The van der Waals surface area contributed by atoms with Gasteiger partial charge in [0.25, 0.3) is 0 Å². The van der Waals surface area contributed by atoms with Crippen molar-refractivity contribution in [3.8, 4) is 12.1 Å². The van der Waals surface area contributed by atoms with Crippen molar-refractivity contribution in [3.05, 3.63) is 35.4 Å². The van der Waals surface area contributed by atoms with E-state index in [2.05, 4.69) is 0 Å². The second-order valence-corrected chi connectivity index (χ2v) is 4.65. The van der Waals surface area contributed by atoms with Gasteiger partial charge in [0.05, 0.1) is 17.7 Å². The van der Waals surface area contributed by atoms with Crippen molar-refractivity contribution in [1.82, 2.24) is 4.90 Å². The minimum absolute atomic E-state index is 0.281. The fourth-order valence-corrected chi connectivity index (χ4v) is 2.22. The van der Waals surface area contributed by atoms with Crippen molar-refractivity contribution >= 4 is 11.7 Å². The van der Waals surface area contributed by atoms with Gasteiger partial charge in [-0.25, -0.2) is 0 Å². The Morgan fingerprint density at radius 3 is 2.20 bits per heavy atom. The van der Waals surface area contributed by atoms with Gasteiger partial charge < -0.3 is 4.90 Å². The highest BCUT2D eigenvalue weighted by atomic mass is 16.2. The SMILES string of the molecule is N#Cc1ccc(C(=O)C(C#N)C(=O)N2CCCC2)cc1. The van der Waals surface area contributed by atoms with E-state index in [9.17, 15) is 9.59 Å². The maximum atomic E-state index is 12.2. The molecule has 1 fully saturated rings. The van der Waals surface area contributed by atoms with Crippen LogP contribution in [-0.2, 0) is 4.79 Å². The first-order chi connectivity index (χ1) is 9.67. The molecule has 0 spiro atoms. The zero-order chi connectivity index (χ0) is 14.5. The maximum absolute atomic E-state index is 12.2. The zero-order valence-electron chi connectivity index (χ0n) is 10.9. The summed E-state index contributed by atoms with van der Waals surface area (Å²) in [5, 5.41) is 17.8. The molecule has 20 heavy (non-hydrogen) atoms. The second-order valence-electron chi connectivity index (χ2n) is 4.65. The van der Waals surface area contributed by atoms with Crippen LogP contribution in [0.25, 0.3) is 0 Å². The number of ketones is 1. The summed E-state index contributed by atoms with van der Waals surface area (Å²) in [5.41, 5.74) is 0.712. The number of benzene rings is 1. The molecule has 1 saturated heterocycles. The Kier molecular flexibility index (Phi) is 4.12. The molecule has 1 aliphatic heterocycles. The lowest BCUT2D eigenvalue weighted by Crippen LogP contribution is -2.37. The largest absolute Gasteiger partial charge is 0.341 e. The fourth-order valence-electron chi connectivity index (χ4n) is 2.22. The lowest BCUT2D eigenvalue weighted by atomic mass is 9.97. The standard InChI is InChI=1S/C15H13N3O2/c16-9-11-3-5-12(6-4-11)14(19)13(10-17)15(20)18-7-1-2-8-18/h3-6,13H,1-2,7-8H2. The highest BCUT2D eigenvalue weighted by Crippen LogP contribution is 2.16. The van der Waals surface area contributed by atoms with Gasteiger partial charge in [0.1, 0.15) is 0 Å². The van der Waals surface area contributed by atoms with Gasteiger partial charge >= 0.3 is 0 Å². The van der Waals surface area contributed by atoms with Crippen molar-refractivity contribution in [2.75, 3.05) is 13.1 Å². The van der Waals surface area contributed by atoms with Crippen LogP contribution in [0.2, 0.25) is 0 Å². The van der Waals surface area contributed by atoms with Crippen LogP contribution in [0, 0.1) is 28.6 Å². The van der Waals surface area contributed by atoms with Crippen LogP contribution < -0.4 is 0 Å². The third-order valence-corrected chi connectivity index (χ3v) is 3.35. The van der Waals surface area contributed by atoms with Crippen LogP contribution in [0.3, 0.4) is 0 Å². The number of amides is 1. The minimum atomic E-state index is -1.29. The lowest BCUT2D eigenvalue weighted by molar-refractivity contribution is -0.131. The molecular weight excluding hydrogens is 254 g/mol. The van der Waals surface area contributed by atoms with Gasteiger partial charge in [0, 0.05) is 18.7 Å². The van der Waals surface area contributed by atoms with Gasteiger partial charge in [0.15, 0.2) is 11.7 Å². The molecule has 0 aliphatic carbocycles. The summed E-state index contributed by atoms with van der Waals surface area (Å²) < 4.78 is 0. The van der Waals surface area contributed by atoms with Crippen molar-refractivity contribution in [2.45, 2.75) is 12.8 Å². The van der Waals surface area contributed by atoms with E-state index in [0.29, 0.717) is 18.7 Å². The quantitative estimate of drug-likeness (QED) is 0.613. The van der Waals surface area contributed by atoms with E-state index in [1.165, 1.54) is 24.3 Å². The number of hydrogen-bond acceptors (Lipinski definition) is 4. The predicted octanol–water partition coefficient (Wildman–Crippen LogP) is 1.50. The Hall–Kier alpha value is -2.66. The first-order valence-corrected chi connectivity index (χ1v) is 6.40. The van der Waals surface area contributed by atoms with Crippen molar-refractivity contribution < 1.29 is 9.59 Å². The summed E-state index contributed by atoms with van der Waals surface area (Å²) in [5.74, 6) is -2.21. The van der Waals surface area contributed by atoms with Gasteiger partial charge in [-0.05, 0) is 25.0 Å². The molecule has 1 unspecified atom stereocenters. The van der Waals surface area contributed by atoms with Crippen LogP contribution >= 0.6 is 0 Å². The molecule has 0 saturated carbocycles. The Morgan fingerprint density at radius 1 is 1.10 bits per heavy atom. The molecule has 0 radical (unpaired) electrons. The average Bonchev–Trinajstić information content (AvgIpc) is 3.02. The first-order valence-electron chi connectivity index (χ1n) is 6.40. The first kappa shape index (κ1) is 13.8. The second kappa shape index (κ2) is 5.99. The van der Waals surface area contributed by atoms with E-state index < -0.39 is 17.6 Å². The smallest absolute Gasteiger partial charge is 0.247 e. The Balaban J connectivity index is 2.18. The molecule has 1 atom stereocenters. The molecule has 1 amide bonds. The third kappa shape index (κ3) is 2.67. The van der Waals surface area contributed by atoms with Crippen LogP contribution in [0.5, 0.6) is 0 Å². The highest BCUT2D eigenvalue weighted by molar-refractivity contribution is 6.12. The van der Waals surface area contributed by atoms with Gasteiger partial charge in [-0.3, -0.25) is 9.59 Å². The molecule has 100 valence electrons. The van der Waals surface area contributed by atoms with Gasteiger partial charge in [-0.1, -0.05) is 12.1 Å². The summed E-state index contributed by atoms with van der Waals surface area (Å²) in [6, 6.07) is 9.71. The number of carbonyl (C=O) groups excluding carboxylic acids is 2. The number of rotatable bonds is 3. The number of nitrogens with zero attached hydrogens (tertiary/aromatic N) is 3. The molecule has 0 bridgehead atoms. The third-order valence-electron chi connectivity index (χ3n) is 3.35. The molecule has 1 aromatic carbocycles. The zero-order valence-corrected chi connectivity index (χ0v) is 10.9. The van der Waals surface area contributed by atoms with Crippen LogP contribution in [0.1, 0.15) is 28.8 Å². The summed E-state index contributed by atoms with van der Waals surface area (Å²) in [6.07, 6.45) is 1.82. The van der Waals surface area contributed by atoms with Crippen LogP contribution in [0.4, 0.5) is 0 Å². The predicted molar refractivity (Wildman–Crippen MR) is 70.4 cm³/mol. The monoisotopic (exact) mass is 267 g/mol. The van der Waals surface area contributed by atoms with Gasteiger partial charge in [-0.15, -0.1) is 0 Å². The minimum Gasteiger partial charge on any atom is -0.341 e. The maximum Gasteiger partial charge on any atom is 0.247 e. The van der Waals surface area contributed by atoms with Crippen LogP contribution in [-0.4, -0.2) is 29.7 Å². The van der Waals surface area contributed by atoms with Gasteiger partial charge in [0.2, 0.25) is 5.91 Å². The number of carbonyl (C=O) groups is 2. The number of nitriles is 2. The van der Waals surface area contributed by atoms with Crippen molar-refractivity contribution in [3.63, 3.8) is 0 Å². The molecule has 1 aliphatic rings. The molecule has 0 N–H and O–H groups in total. The lowest BCUT2D eigenvalue weighted by Gasteiger charge is -2.17. The van der Waals surface area contributed by atoms with Crippen LogP contribution in [0.15, 0.2) is 24.3 Å². The summed E-state index contributed by atoms with van der Waals surface area (Å²) in [6.45, 7) is 1.22. The Bertz CT molecular complexity index is 601. The van der Waals surface area contributed by atoms with E-state index in [0.717, 1.165) is 12.8 Å². The van der Waals surface area contributed by atoms with Crippen molar-refractivity contribution in [2.24, 2.45) is 5.92 Å². The summed E-state index contributed by atoms with van der Waals surface area (Å²) >= 11 is 0. The number of hydrogen-bond donors (Lipinski definition) is 0. The van der Waals surface area contributed by atoms with E-state index in [-0.39, 0.29) is 5.56 Å². The fraction of sp³-hybridized carbons (Fsp3) is 0.333. The van der Waals surface area contributed by atoms with E-state index >= 15 is 0 Å². The Morgan fingerprint density at radius 2 is 1.70 bits per heavy atom. The topological polar surface area (TPSA) is 85.0 Å². The average molecular weight is 267 g/mol. The molecule has 5 nitrogen and oxygen atoms in total. The highest BCUT2D eigenvalue weighted by Gasteiger charge is 2.32. The summed E-state index contributed by atoms with van der Waals surface area (Å²) in [4.78, 5) is 25.9. The summed E-state index contributed by atoms with van der Waals surface area (Å²) in [7, 11) is 0.